The van der Waals surface area contributed by atoms with Crippen molar-refractivity contribution in [3.05, 3.63) is 66.6 Å². The minimum absolute atomic E-state index is 0.174. The van der Waals surface area contributed by atoms with Crippen molar-refractivity contribution in [2.45, 2.75) is 6.18 Å². The lowest BCUT2D eigenvalue weighted by Crippen LogP contribution is -2.13. The first-order valence-corrected chi connectivity index (χ1v) is 7.49. The number of halogens is 3. The van der Waals surface area contributed by atoms with E-state index in [-0.39, 0.29) is 11.6 Å². The van der Waals surface area contributed by atoms with Crippen molar-refractivity contribution in [1.82, 2.24) is 24.9 Å². The summed E-state index contributed by atoms with van der Waals surface area (Å²) < 4.78 is 45.3. The summed E-state index contributed by atoms with van der Waals surface area (Å²) in [5.74, 6) is 0.467. The lowest BCUT2D eigenvalue weighted by atomic mass is 10.2. The summed E-state index contributed by atoms with van der Waals surface area (Å²) in [5.41, 5.74) is 0.373. The van der Waals surface area contributed by atoms with Gasteiger partial charge in [0.25, 0.3) is 5.89 Å². The molecular weight excluding hydrogens is 347 g/mol. The van der Waals surface area contributed by atoms with Gasteiger partial charge in [-0.25, -0.2) is 4.68 Å². The average molecular weight is 357 g/mol. The Morgan fingerprint density at radius 3 is 2.62 bits per heavy atom. The van der Waals surface area contributed by atoms with Gasteiger partial charge < -0.3 is 4.52 Å². The zero-order valence-electron chi connectivity index (χ0n) is 13.1. The Kier molecular flexibility index (Phi) is 3.76. The molecule has 6 nitrogen and oxygen atoms in total. The fourth-order valence-electron chi connectivity index (χ4n) is 2.43. The molecule has 0 saturated heterocycles. The maximum absolute atomic E-state index is 13.1. The van der Waals surface area contributed by atoms with E-state index in [9.17, 15) is 13.2 Å². The van der Waals surface area contributed by atoms with E-state index in [0.29, 0.717) is 17.1 Å². The van der Waals surface area contributed by atoms with Crippen molar-refractivity contribution < 1.29 is 17.7 Å². The molecule has 0 saturated carbocycles. The number of nitrogens with zero attached hydrogens (tertiary/aromatic N) is 5. The zero-order valence-corrected chi connectivity index (χ0v) is 13.1. The normalized spacial score (nSPS) is 11.7. The number of pyridine rings is 1. The molecule has 9 heteroatoms. The van der Waals surface area contributed by atoms with Crippen molar-refractivity contribution in [2.24, 2.45) is 0 Å². The second kappa shape index (κ2) is 6.10. The van der Waals surface area contributed by atoms with Crippen LogP contribution in [0.2, 0.25) is 0 Å². The summed E-state index contributed by atoms with van der Waals surface area (Å²) in [5, 5.41) is 7.62. The Hall–Kier alpha value is -3.49. The Bertz CT molecular complexity index is 1040. The molecule has 0 bridgehead atoms. The molecular formula is C17H10F3N5O. The second-order valence-corrected chi connectivity index (χ2v) is 5.31. The minimum Gasteiger partial charge on any atom is -0.334 e. The lowest BCUT2D eigenvalue weighted by Gasteiger charge is -2.10. The summed E-state index contributed by atoms with van der Waals surface area (Å²) in [6.45, 7) is 0. The van der Waals surface area contributed by atoms with Gasteiger partial charge in [-0.1, -0.05) is 17.3 Å². The van der Waals surface area contributed by atoms with E-state index in [1.54, 1.807) is 36.5 Å². The van der Waals surface area contributed by atoms with E-state index < -0.39 is 11.9 Å². The van der Waals surface area contributed by atoms with E-state index in [2.05, 4.69) is 20.2 Å². The molecule has 4 aromatic rings. The van der Waals surface area contributed by atoms with Crippen molar-refractivity contribution in [2.75, 3.05) is 0 Å². The van der Waals surface area contributed by atoms with E-state index in [1.165, 1.54) is 12.1 Å². The SMILES string of the molecule is FC(F)(F)c1ccnn1-c1cccc(-c2nc(-c3ccccn3)no2)c1. The van der Waals surface area contributed by atoms with E-state index in [0.717, 1.165) is 16.9 Å². The molecule has 26 heavy (non-hydrogen) atoms. The van der Waals surface area contributed by atoms with Gasteiger partial charge in [-0.15, -0.1) is 0 Å². The molecule has 0 fully saturated rings. The molecule has 1 aromatic carbocycles. The number of hydrogen-bond acceptors (Lipinski definition) is 5. The molecule has 0 radical (unpaired) electrons. The van der Waals surface area contributed by atoms with Crippen LogP contribution in [0.5, 0.6) is 0 Å². The quantitative estimate of drug-likeness (QED) is 0.554. The molecule has 0 N–H and O–H groups in total. The molecule has 0 aliphatic heterocycles. The standard InChI is InChI=1S/C17H10F3N5O/c18-17(19,20)14-7-9-22-25(14)12-5-3-4-11(10-12)16-23-15(24-26-16)13-6-1-2-8-21-13/h1-10H. The molecule has 130 valence electrons. The van der Waals surface area contributed by atoms with Gasteiger partial charge in [0.15, 0.2) is 0 Å². The molecule has 3 heterocycles. The molecule has 0 amide bonds. The highest BCUT2D eigenvalue weighted by molar-refractivity contribution is 5.60. The molecule has 0 unspecified atom stereocenters. The van der Waals surface area contributed by atoms with Gasteiger partial charge in [0.2, 0.25) is 5.82 Å². The number of benzene rings is 1. The highest BCUT2D eigenvalue weighted by atomic mass is 19.4. The topological polar surface area (TPSA) is 69.6 Å². The first-order valence-electron chi connectivity index (χ1n) is 7.49. The smallest absolute Gasteiger partial charge is 0.334 e. The number of alkyl halides is 3. The first kappa shape index (κ1) is 16.0. The monoisotopic (exact) mass is 357 g/mol. The van der Waals surface area contributed by atoms with Crippen molar-refractivity contribution in [3.8, 4) is 28.7 Å². The maximum atomic E-state index is 13.1. The van der Waals surface area contributed by atoms with Gasteiger partial charge in [0.05, 0.1) is 11.9 Å². The third kappa shape index (κ3) is 2.94. The Balaban J connectivity index is 1.72. The fourth-order valence-corrected chi connectivity index (χ4v) is 2.43. The summed E-state index contributed by atoms with van der Waals surface area (Å²) in [6.07, 6.45) is -1.81. The zero-order chi connectivity index (χ0) is 18.1. The summed E-state index contributed by atoms with van der Waals surface area (Å²) in [4.78, 5) is 8.38. The third-order valence-corrected chi connectivity index (χ3v) is 3.59. The van der Waals surface area contributed by atoms with Crippen molar-refractivity contribution in [3.63, 3.8) is 0 Å². The van der Waals surface area contributed by atoms with E-state index in [1.807, 2.05) is 0 Å². The van der Waals surface area contributed by atoms with Crippen LogP contribution in [-0.2, 0) is 6.18 Å². The van der Waals surface area contributed by atoms with Gasteiger partial charge in [0, 0.05) is 11.8 Å². The Labute approximate surface area is 144 Å². The average Bonchev–Trinajstić information content (AvgIpc) is 3.32. The van der Waals surface area contributed by atoms with Crippen LogP contribution in [0, 0.1) is 0 Å². The maximum Gasteiger partial charge on any atom is 0.433 e. The largest absolute Gasteiger partial charge is 0.433 e. The molecule has 3 aromatic heterocycles. The first-order chi connectivity index (χ1) is 12.5. The molecule has 4 rings (SSSR count). The van der Waals surface area contributed by atoms with Gasteiger partial charge in [0.1, 0.15) is 11.4 Å². The minimum atomic E-state index is -4.51. The van der Waals surface area contributed by atoms with Crippen LogP contribution in [0.25, 0.3) is 28.7 Å². The van der Waals surface area contributed by atoms with Gasteiger partial charge in [-0.3, -0.25) is 4.98 Å². The predicted molar refractivity (Wildman–Crippen MR) is 85.1 cm³/mol. The van der Waals surface area contributed by atoms with Gasteiger partial charge in [-0.2, -0.15) is 23.3 Å². The van der Waals surface area contributed by atoms with Gasteiger partial charge in [-0.05, 0) is 36.4 Å². The van der Waals surface area contributed by atoms with Crippen LogP contribution in [0.4, 0.5) is 13.2 Å². The fraction of sp³-hybridized carbons (Fsp3) is 0.0588. The van der Waals surface area contributed by atoms with Crippen molar-refractivity contribution in [1.29, 1.82) is 0 Å². The van der Waals surface area contributed by atoms with Crippen LogP contribution >= 0.6 is 0 Å². The van der Waals surface area contributed by atoms with Crippen LogP contribution < -0.4 is 0 Å². The van der Waals surface area contributed by atoms with E-state index in [4.69, 9.17) is 4.52 Å². The Morgan fingerprint density at radius 2 is 1.85 bits per heavy atom. The molecule has 0 aliphatic rings. The summed E-state index contributed by atoms with van der Waals surface area (Å²) in [6, 6.07) is 12.5. The van der Waals surface area contributed by atoms with Crippen molar-refractivity contribution >= 4 is 0 Å². The highest BCUT2D eigenvalue weighted by Gasteiger charge is 2.35. The highest BCUT2D eigenvalue weighted by Crippen LogP contribution is 2.31. The third-order valence-electron chi connectivity index (χ3n) is 3.59. The van der Waals surface area contributed by atoms with Crippen LogP contribution in [0.3, 0.4) is 0 Å². The van der Waals surface area contributed by atoms with Crippen LogP contribution in [-0.4, -0.2) is 24.9 Å². The van der Waals surface area contributed by atoms with Gasteiger partial charge >= 0.3 is 6.18 Å². The number of rotatable bonds is 3. The predicted octanol–water partition coefficient (Wildman–Crippen LogP) is 4.00. The number of aromatic nitrogens is 5. The summed E-state index contributed by atoms with van der Waals surface area (Å²) >= 11 is 0. The van der Waals surface area contributed by atoms with Crippen LogP contribution in [0.15, 0.2) is 65.4 Å². The lowest BCUT2D eigenvalue weighted by molar-refractivity contribution is -0.142. The Morgan fingerprint density at radius 1 is 0.962 bits per heavy atom. The second-order valence-electron chi connectivity index (χ2n) is 5.31. The summed E-state index contributed by atoms with van der Waals surface area (Å²) in [7, 11) is 0. The molecule has 0 atom stereocenters. The molecule has 0 aliphatic carbocycles. The van der Waals surface area contributed by atoms with Crippen LogP contribution in [0.1, 0.15) is 5.69 Å². The van der Waals surface area contributed by atoms with E-state index >= 15 is 0 Å². The molecule has 0 spiro atoms. The number of hydrogen-bond donors (Lipinski definition) is 0.